The Hall–Kier alpha value is -0.330. The fourth-order valence-corrected chi connectivity index (χ4v) is 2.38. The molecule has 0 aromatic carbocycles. The van der Waals surface area contributed by atoms with Gasteiger partial charge in [0, 0.05) is 13.2 Å². The number of likely N-dealkylation sites (tertiary alicyclic amines) is 1. The van der Waals surface area contributed by atoms with Gasteiger partial charge in [0.1, 0.15) is 6.04 Å². The number of piperidine rings is 1. The molecule has 18 heavy (non-hydrogen) atoms. The molecule has 0 aromatic heterocycles. The molecule has 0 bridgehead atoms. The first kappa shape index (κ1) is 15.7. The van der Waals surface area contributed by atoms with Crippen molar-refractivity contribution in [1.29, 1.82) is 0 Å². The normalized spacial score (nSPS) is 24.2. The quantitative estimate of drug-likeness (QED) is 0.802. The molecule has 6 heteroatoms. The number of ether oxygens (including phenoxy) is 1. The first-order valence-corrected chi connectivity index (χ1v) is 6.61. The zero-order valence-electron chi connectivity index (χ0n) is 10.9. The van der Waals surface area contributed by atoms with Crippen molar-refractivity contribution < 1.29 is 17.9 Å². The molecule has 2 atom stereocenters. The van der Waals surface area contributed by atoms with Crippen LogP contribution in [0, 0.1) is 0 Å². The monoisotopic (exact) mass is 268 g/mol. The van der Waals surface area contributed by atoms with Gasteiger partial charge in [0.15, 0.2) is 0 Å². The first-order valence-electron chi connectivity index (χ1n) is 6.61. The lowest BCUT2D eigenvalue weighted by Gasteiger charge is -2.38. The summed E-state index contributed by atoms with van der Waals surface area (Å²) in [5, 5.41) is 0. The van der Waals surface area contributed by atoms with Crippen LogP contribution in [-0.4, -0.2) is 49.5 Å². The Morgan fingerprint density at radius 1 is 1.44 bits per heavy atom. The van der Waals surface area contributed by atoms with Crippen LogP contribution in [0.4, 0.5) is 13.2 Å². The molecule has 2 N–H and O–H groups in total. The van der Waals surface area contributed by atoms with E-state index in [1.807, 2.05) is 6.92 Å². The van der Waals surface area contributed by atoms with E-state index in [1.54, 1.807) is 0 Å². The first-order chi connectivity index (χ1) is 8.49. The molecule has 3 nitrogen and oxygen atoms in total. The fourth-order valence-electron chi connectivity index (χ4n) is 2.38. The van der Waals surface area contributed by atoms with Crippen molar-refractivity contribution >= 4 is 0 Å². The van der Waals surface area contributed by atoms with Crippen molar-refractivity contribution in [1.82, 2.24) is 4.90 Å². The number of halogens is 3. The second kappa shape index (κ2) is 7.31. The Labute approximate surface area is 106 Å². The summed E-state index contributed by atoms with van der Waals surface area (Å²) in [6.45, 7) is 3.51. The zero-order chi connectivity index (χ0) is 13.6. The molecule has 0 spiro atoms. The number of alkyl halides is 3. The third-order valence-corrected chi connectivity index (χ3v) is 3.23. The van der Waals surface area contributed by atoms with E-state index in [-0.39, 0.29) is 19.1 Å². The highest BCUT2D eigenvalue weighted by atomic mass is 19.4. The SMILES string of the molecule is CCCOC1CCCN(C(CCN)C(F)(F)F)C1. The van der Waals surface area contributed by atoms with Gasteiger partial charge in [-0.05, 0) is 38.8 Å². The molecule has 1 aliphatic rings. The standard InChI is InChI=1S/C12H23F3N2O/c1-2-8-18-10-4-3-7-17(9-10)11(5-6-16)12(13,14)15/h10-11H,2-9,16H2,1H3. The van der Waals surface area contributed by atoms with Crippen LogP contribution in [0.15, 0.2) is 0 Å². The van der Waals surface area contributed by atoms with Crippen molar-refractivity contribution in [3.63, 3.8) is 0 Å². The van der Waals surface area contributed by atoms with Crippen molar-refractivity contribution in [2.75, 3.05) is 26.2 Å². The van der Waals surface area contributed by atoms with Crippen LogP contribution in [-0.2, 0) is 4.74 Å². The smallest absolute Gasteiger partial charge is 0.377 e. The molecule has 1 rings (SSSR count). The zero-order valence-corrected chi connectivity index (χ0v) is 10.9. The van der Waals surface area contributed by atoms with Crippen molar-refractivity contribution in [3.8, 4) is 0 Å². The minimum atomic E-state index is -4.20. The molecular formula is C12H23F3N2O. The van der Waals surface area contributed by atoms with Crippen LogP contribution in [0.25, 0.3) is 0 Å². The molecule has 0 aromatic rings. The van der Waals surface area contributed by atoms with Crippen molar-refractivity contribution in [2.24, 2.45) is 5.73 Å². The second-order valence-corrected chi connectivity index (χ2v) is 4.76. The molecule has 0 amide bonds. The van der Waals surface area contributed by atoms with Gasteiger partial charge in [0.05, 0.1) is 6.10 Å². The molecule has 1 heterocycles. The van der Waals surface area contributed by atoms with Gasteiger partial charge in [-0.25, -0.2) is 0 Å². The van der Waals surface area contributed by atoms with E-state index < -0.39 is 12.2 Å². The molecule has 0 saturated carbocycles. The summed E-state index contributed by atoms with van der Waals surface area (Å²) in [5.74, 6) is 0. The number of nitrogens with two attached hydrogens (primary N) is 1. The van der Waals surface area contributed by atoms with Gasteiger partial charge >= 0.3 is 6.18 Å². The van der Waals surface area contributed by atoms with E-state index in [9.17, 15) is 13.2 Å². The molecule has 1 fully saturated rings. The van der Waals surface area contributed by atoms with Gasteiger partial charge in [0.25, 0.3) is 0 Å². The summed E-state index contributed by atoms with van der Waals surface area (Å²) >= 11 is 0. The molecule has 0 aliphatic carbocycles. The Morgan fingerprint density at radius 3 is 2.72 bits per heavy atom. The summed E-state index contributed by atoms with van der Waals surface area (Å²) in [6, 6.07) is -1.42. The predicted molar refractivity (Wildman–Crippen MR) is 64.4 cm³/mol. The molecular weight excluding hydrogens is 245 g/mol. The van der Waals surface area contributed by atoms with Crippen LogP contribution < -0.4 is 5.73 Å². The molecule has 1 aliphatic heterocycles. The molecule has 108 valence electrons. The Bertz CT molecular complexity index is 236. The largest absolute Gasteiger partial charge is 0.404 e. The van der Waals surface area contributed by atoms with Gasteiger partial charge in [-0.1, -0.05) is 6.92 Å². The summed E-state index contributed by atoms with van der Waals surface area (Å²) in [7, 11) is 0. The lowest BCUT2D eigenvalue weighted by atomic mass is 10.0. The van der Waals surface area contributed by atoms with Crippen LogP contribution >= 0.6 is 0 Å². The van der Waals surface area contributed by atoms with Crippen LogP contribution in [0.3, 0.4) is 0 Å². The van der Waals surface area contributed by atoms with Crippen LogP contribution in [0.5, 0.6) is 0 Å². The van der Waals surface area contributed by atoms with E-state index in [2.05, 4.69) is 0 Å². The molecule has 2 unspecified atom stereocenters. The maximum absolute atomic E-state index is 12.9. The van der Waals surface area contributed by atoms with Crippen LogP contribution in [0.1, 0.15) is 32.6 Å². The van der Waals surface area contributed by atoms with Crippen LogP contribution in [0.2, 0.25) is 0 Å². The molecule has 1 saturated heterocycles. The highest BCUT2D eigenvalue weighted by Crippen LogP contribution is 2.29. The lowest BCUT2D eigenvalue weighted by molar-refractivity contribution is -0.192. The van der Waals surface area contributed by atoms with E-state index in [1.165, 1.54) is 4.90 Å². The average Bonchev–Trinajstić information content (AvgIpc) is 2.32. The summed E-state index contributed by atoms with van der Waals surface area (Å²) in [4.78, 5) is 1.48. The summed E-state index contributed by atoms with van der Waals surface area (Å²) in [6.07, 6.45) is -1.81. The fraction of sp³-hybridized carbons (Fsp3) is 1.00. The lowest BCUT2D eigenvalue weighted by Crippen LogP contribution is -2.52. The number of hydrogen-bond acceptors (Lipinski definition) is 3. The topological polar surface area (TPSA) is 38.5 Å². The third kappa shape index (κ3) is 4.74. The van der Waals surface area contributed by atoms with Gasteiger partial charge in [0.2, 0.25) is 0 Å². The second-order valence-electron chi connectivity index (χ2n) is 4.76. The third-order valence-electron chi connectivity index (χ3n) is 3.23. The summed E-state index contributed by atoms with van der Waals surface area (Å²) < 4.78 is 44.4. The van der Waals surface area contributed by atoms with E-state index in [0.29, 0.717) is 19.7 Å². The Kier molecular flexibility index (Phi) is 6.38. The minimum absolute atomic E-state index is 0.0377. The Morgan fingerprint density at radius 2 is 2.17 bits per heavy atom. The maximum Gasteiger partial charge on any atom is 0.404 e. The highest BCUT2D eigenvalue weighted by Gasteiger charge is 2.44. The van der Waals surface area contributed by atoms with Gasteiger partial charge in [-0.15, -0.1) is 0 Å². The van der Waals surface area contributed by atoms with Gasteiger partial charge < -0.3 is 10.5 Å². The van der Waals surface area contributed by atoms with E-state index >= 15 is 0 Å². The summed E-state index contributed by atoms with van der Waals surface area (Å²) in [5.41, 5.74) is 5.29. The Balaban J connectivity index is 2.56. The van der Waals surface area contributed by atoms with E-state index in [4.69, 9.17) is 10.5 Å². The highest BCUT2D eigenvalue weighted by molar-refractivity contribution is 4.84. The minimum Gasteiger partial charge on any atom is -0.377 e. The van der Waals surface area contributed by atoms with Crippen molar-refractivity contribution in [2.45, 2.75) is 50.9 Å². The van der Waals surface area contributed by atoms with Gasteiger partial charge in [-0.2, -0.15) is 13.2 Å². The average molecular weight is 268 g/mol. The number of hydrogen-bond donors (Lipinski definition) is 1. The number of nitrogens with zero attached hydrogens (tertiary/aromatic N) is 1. The predicted octanol–water partition coefficient (Wildman–Crippen LogP) is 2.16. The van der Waals surface area contributed by atoms with Gasteiger partial charge in [-0.3, -0.25) is 4.90 Å². The number of rotatable bonds is 6. The van der Waals surface area contributed by atoms with E-state index in [0.717, 1.165) is 19.3 Å². The maximum atomic E-state index is 12.9. The van der Waals surface area contributed by atoms with Crippen molar-refractivity contribution in [3.05, 3.63) is 0 Å². The molecule has 0 radical (unpaired) electrons.